The molecule has 2 fully saturated rings. The number of hydrogen-bond donors (Lipinski definition) is 0. The first-order chi connectivity index (χ1) is 12.5. The third-order valence-electron chi connectivity index (χ3n) is 5.50. The molecule has 0 aliphatic carbocycles. The van der Waals surface area contributed by atoms with Crippen molar-refractivity contribution < 1.29 is 14.3 Å². The molecule has 0 N–H and O–H groups in total. The van der Waals surface area contributed by atoms with Gasteiger partial charge in [0.25, 0.3) is 0 Å². The van der Waals surface area contributed by atoms with Crippen molar-refractivity contribution in [2.45, 2.75) is 38.6 Å². The van der Waals surface area contributed by atoms with Crippen LogP contribution in [0.5, 0.6) is 0 Å². The molecular formula is C19H36N4O3. The van der Waals surface area contributed by atoms with Crippen LogP contribution in [-0.4, -0.2) is 111 Å². The fourth-order valence-corrected chi connectivity index (χ4v) is 3.79. The molecule has 2 aliphatic heterocycles. The van der Waals surface area contributed by atoms with Crippen LogP contribution in [0, 0.1) is 0 Å². The molecule has 0 spiro atoms. The number of likely N-dealkylation sites (N-methyl/N-ethyl adjacent to an activating group) is 1. The monoisotopic (exact) mass is 368 g/mol. The predicted octanol–water partition coefficient (Wildman–Crippen LogP) is 0.500. The summed E-state index contributed by atoms with van der Waals surface area (Å²) in [4.78, 5) is 33.2. The van der Waals surface area contributed by atoms with Crippen molar-refractivity contribution in [3.8, 4) is 0 Å². The number of methoxy groups -OCH3 is 1. The highest BCUT2D eigenvalue weighted by molar-refractivity contribution is 5.79. The molecule has 2 heterocycles. The van der Waals surface area contributed by atoms with E-state index in [2.05, 4.69) is 16.7 Å². The molecule has 7 heteroatoms. The summed E-state index contributed by atoms with van der Waals surface area (Å²) in [6.07, 6.45) is 4.40. The maximum Gasteiger partial charge on any atom is 0.236 e. The van der Waals surface area contributed by atoms with Crippen molar-refractivity contribution in [2.75, 3.05) is 73.1 Å². The van der Waals surface area contributed by atoms with Crippen molar-refractivity contribution in [3.63, 3.8) is 0 Å². The minimum Gasteiger partial charge on any atom is -0.385 e. The van der Waals surface area contributed by atoms with Gasteiger partial charge in [-0.05, 0) is 39.7 Å². The number of hydrogen-bond acceptors (Lipinski definition) is 5. The summed E-state index contributed by atoms with van der Waals surface area (Å²) in [7, 11) is 3.67. The third-order valence-corrected chi connectivity index (χ3v) is 5.50. The van der Waals surface area contributed by atoms with E-state index >= 15 is 0 Å². The summed E-state index contributed by atoms with van der Waals surface area (Å²) in [6, 6.07) is 0.368. The van der Waals surface area contributed by atoms with Gasteiger partial charge in [-0.1, -0.05) is 0 Å². The van der Waals surface area contributed by atoms with E-state index in [0.29, 0.717) is 32.2 Å². The Kier molecular flexibility index (Phi) is 8.81. The molecule has 2 aliphatic rings. The topological polar surface area (TPSA) is 56.3 Å². The quantitative estimate of drug-likeness (QED) is 0.584. The Morgan fingerprint density at radius 2 is 1.81 bits per heavy atom. The van der Waals surface area contributed by atoms with E-state index in [0.717, 1.165) is 52.0 Å². The molecule has 26 heavy (non-hydrogen) atoms. The van der Waals surface area contributed by atoms with E-state index in [1.165, 1.54) is 6.42 Å². The van der Waals surface area contributed by atoms with Crippen LogP contribution in [0.25, 0.3) is 0 Å². The number of ether oxygens (including phenoxy) is 1. The number of piperidine rings is 1. The molecule has 1 atom stereocenters. The fourth-order valence-electron chi connectivity index (χ4n) is 3.79. The molecule has 150 valence electrons. The predicted molar refractivity (Wildman–Crippen MR) is 102 cm³/mol. The van der Waals surface area contributed by atoms with Gasteiger partial charge in [-0.15, -0.1) is 0 Å². The van der Waals surface area contributed by atoms with E-state index in [-0.39, 0.29) is 11.8 Å². The van der Waals surface area contributed by atoms with Gasteiger partial charge in [0, 0.05) is 59.0 Å². The zero-order chi connectivity index (χ0) is 18.9. The number of amides is 2. The van der Waals surface area contributed by atoms with Crippen molar-refractivity contribution in [1.82, 2.24) is 19.6 Å². The molecule has 7 nitrogen and oxygen atoms in total. The van der Waals surface area contributed by atoms with Crippen LogP contribution >= 0.6 is 0 Å². The second-order valence-electron chi connectivity index (χ2n) is 7.67. The zero-order valence-corrected chi connectivity index (χ0v) is 16.8. The van der Waals surface area contributed by atoms with Crippen LogP contribution < -0.4 is 0 Å². The van der Waals surface area contributed by atoms with Crippen LogP contribution in [0.2, 0.25) is 0 Å². The molecule has 0 bridgehead atoms. The van der Waals surface area contributed by atoms with Gasteiger partial charge in [-0.2, -0.15) is 0 Å². The summed E-state index contributed by atoms with van der Waals surface area (Å²) in [5.74, 6) is 0.426. The maximum atomic E-state index is 12.5. The highest BCUT2D eigenvalue weighted by Gasteiger charge is 2.27. The summed E-state index contributed by atoms with van der Waals surface area (Å²) in [5.41, 5.74) is 0. The Hall–Kier alpha value is -1.18. The molecule has 0 saturated carbocycles. The van der Waals surface area contributed by atoms with Gasteiger partial charge < -0.3 is 14.5 Å². The lowest BCUT2D eigenvalue weighted by Gasteiger charge is -2.38. The molecule has 0 aromatic rings. The van der Waals surface area contributed by atoms with Gasteiger partial charge in [0.2, 0.25) is 11.8 Å². The van der Waals surface area contributed by atoms with Crippen LogP contribution in [0.4, 0.5) is 0 Å². The van der Waals surface area contributed by atoms with E-state index in [4.69, 9.17) is 4.74 Å². The normalized spacial score (nSPS) is 22.1. The first kappa shape index (κ1) is 21.1. The van der Waals surface area contributed by atoms with Gasteiger partial charge in [-0.3, -0.25) is 19.4 Å². The van der Waals surface area contributed by atoms with Crippen molar-refractivity contribution in [3.05, 3.63) is 0 Å². The van der Waals surface area contributed by atoms with Crippen LogP contribution in [0.3, 0.4) is 0 Å². The minimum absolute atomic E-state index is 0.181. The molecule has 2 amide bonds. The minimum atomic E-state index is 0.181. The molecular weight excluding hydrogens is 332 g/mol. The standard InChI is InChI=1S/C19H36N4O3/c1-17-7-4-5-9-23(17)19(25)16-21-10-12-22(13-11-21)18(24)15-20(2)8-6-14-26-3/h17H,4-16H2,1-3H3. The number of piperazine rings is 1. The van der Waals surface area contributed by atoms with Crippen molar-refractivity contribution in [2.24, 2.45) is 0 Å². The second-order valence-corrected chi connectivity index (χ2v) is 7.67. The average molecular weight is 369 g/mol. The largest absolute Gasteiger partial charge is 0.385 e. The van der Waals surface area contributed by atoms with Gasteiger partial charge in [0.15, 0.2) is 0 Å². The van der Waals surface area contributed by atoms with Gasteiger partial charge in [0.1, 0.15) is 0 Å². The van der Waals surface area contributed by atoms with E-state index < -0.39 is 0 Å². The first-order valence-corrected chi connectivity index (χ1v) is 9.98. The highest BCUT2D eigenvalue weighted by atomic mass is 16.5. The van der Waals surface area contributed by atoms with E-state index in [1.54, 1.807) is 7.11 Å². The zero-order valence-electron chi connectivity index (χ0n) is 16.8. The molecule has 0 aromatic heterocycles. The van der Waals surface area contributed by atoms with Gasteiger partial charge >= 0.3 is 0 Å². The lowest BCUT2D eigenvalue weighted by molar-refractivity contribution is -0.137. The maximum absolute atomic E-state index is 12.5. The molecule has 1 unspecified atom stereocenters. The number of likely N-dealkylation sites (tertiary alicyclic amines) is 1. The van der Waals surface area contributed by atoms with Gasteiger partial charge in [0.05, 0.1) is 13.1 Å². The summed E-state index contributed by atoms with van der Waals surface area (Å²) in [6.45, 7) is 8.58. The molecule has 2 rings (SSSR count). The average Bonchev–Trinajstić information content (AvgIpc) is 2.62. The smallest absolute Gasteiger partial charge is 0.236 e. The number of rotatable bonds is 8. The SMILES string of the molecule is COCCCN(C)CC(=O)N1CCN(CC(=O)N2CCCCC2C)CC1. The summed E-state index contributed by atoms with van der Waals surface area (Å²) < 4.78 is 5.05. The Morgan fingerprint density at radius 3 is 2.46 bits per heavy atom. The Balaban J connectivity index is 1.68. The lowest BCUT2D eigenvalue weighted by Crippen LogP contribution is -2.54. The van der Waals surface area contributed by atoms with Gasteiger partial charge in [-0.25, -0.2) is 0 Å². The van der Waals surface area contributed by atoms with Crippen LogP contribution in [0.15, 0.2) is 0 Å². The van der Waals surface area contributed by atoms with Crippen molar-refractivity contribution in [1.29, 1.82) is 0 Å². The Morgan fingerprint density at radius 1 is 1.08 bits per heavy atom. The molecule has 0 aromatic carbocycles. The summed E-state index contributed by atoms with van der Waals surface area (Å²) >= 11 is 0. The van der Waals surface area contributed by atoms with Crippen molar-refractivity contribution >= 4 is 11.8 Å². The number of carbonyl (C=O) groups is 2. The van der Waals surface area contributed by atoms with E-state index in [9.17, 15) is 9.59 Å². The molecule has 0 radical (unpaired) electrons. The Bertz CT molecular complexity index is 452. The fraction of sp³-hybridized carbons (Fsp3) is 0.895. The first-order valence-electron chi connectivity index (χ1n) is 9.98. The van der Waals surface area contributed by atoms with E-state index in [1.807, 2.05) is 16.8 Å². The lowest BCUT2D eigenvalue weighted by atomic mass is 10.0. The van der Waals surface area contributed by atoms with Crippen LogP contribution in [-0.2, 0) is 14.3 Å². The molecule has 2 saturated heterocycles. The number of carbonyl (C=O) groups excluding carboxylic acids is 2. The summed E-state index contributed by atoms with van der Waals surface area (Å²) in [5, 5.41) is 0. The highest BCUT2D eigenvalue weighted by Crippen LogP contribution is 2.17. The number of nitrogens with zero attached hydrogens (tertiary/aromatic N) is 4. The van der Waals surface area contributed by atoms with Crippen LogP contribution in [0.1, 0.15) is 32.6 Å². The third kappa shape index (κ3) is 6.52. The second kappa shape index (κ2) is 10.8. The Labute approximate surface area is 158 Å².